The van der Waals surface area contributed by atoms with Gasteiger partial charge in [0.05, 0.1) is 5.75 Å². The van der Waals surface area contributed by atoms with Gasteiger partial charge in [0, 0.05) is 11.8 Å². The average Bonchev–Trinajstić information content (AvgIpc) is 2.16. The van der Waals surface area contributed by atoms with Gasteiger partial charge in [0.1, 0.15) is 5.82 Å². The summed E-state index contributed by atoms with van der Waals surface area (Å²) in [6.07, 6.45) is 0.967. The molecule has 7 heteroatoms. The molecule has 0 saturated carbocycles. The van der Waals surface area contributed by atoms with Crippen LogP contribution < -0.4 is 17.2 Å². The predicted molar refractivity (Wildman–Crippen MR) is 63.1 cm³/mol. The summed E-state index contributed by atoms with van der Waals surface area (Å²) in [7, 11) is 0. The van der Waals surface area contributed by atoms with Crippen molar-refractivity contribution < 1.29 is 0 Å². The van der Waals surface area contributed by atoms with Gasteiger partial charge < -0.3 is 17.2 Å². The van der Waals surface area contributed by atoms with Crippen LogP contribution in [-0.4, -0.2) is 26.7 Å². The predicted octanol–water partition coefficient (Wildman–Crippen LogP) is 0.00650. The smallest absolute Gasteiger partial charge is 0.225 e. The monoisotopic (exact) mass is 228 g/mol. The second kappa shape index (κ2) is 5.72. The van der Waals surface area contributed by atoms with Crippen molar-refractivity contribution in [3.05, 3.63) is 5.82 Å². The topological polar surface area (TPSA) is 117 Å². The normalized spacial score (nSPS) is 12.7. The summed E-state index contributed by atoms with van der Waals surface area (Å²) in [6.45, 7) is 2.06. The Bertz CT molecular complexity index is 298. The van der Waals surface area contributed by atoms with Crippen LogP contribution in [0.4, 0.5) is 11.9 Å². The van der Waals surface area contributed by atoms with E-state index in [2.05, 4.69) is 21.9 Å². The van der Waals surface area contributed by atoms with Gasteiger partial charge in [0.15, 0.2) is 0 Å². The summed E-state index contributed by atoms with van der Waals surface area (Å²) >= 11 is 1.67. The number of anilines is 2. The quantitative estimate of drug-likeness (QED) is 0.649. The third-order valence-corrected chi connectivity index (χ3v) is 2.93. The molecule has 1 heterocycles. The molecule has 1 rings (SSSR count). The van der Waals surface area contributed by atoms with E-state index in [1.54, 1.807) is 11.8 Å². The van der Waals surface area contributed by atoms with Crippen LogP contribution in [0, 0.1) is 0 Å². The fourth-order valence-corrected chi connectivity index (χ4v) is 1.91. The third kappa shape index (κ3) is 4.30. The number of hydrogen-bond acceptors (Lipinski definition) is 7. The second-order valence-corrected chi connectivity index (χ2v) is 4.18. The van der Waals surface area contributed by atoms with Gasteiger partial charge in [-0.1, -0.05) is 6.92 Å². The molecule has 0 aliphatic heterocycles. The van der Waals surface area contributed by atoms with E-state index in [-0.39, 0.29) is 17.9 Å². The third-order valence-electron chi connectivity index (χ3n) is 1.80. The van der Waals surface area contributed by atoms with E-state index in [1.165, 1.54) is 0 Å². The van der Waals surface area contributed by atoms with Gasteiger partial charge in [-0.15, -0.1) is 0 Å². The standard InChI is InChI=1S/C8H16N6S/c1-2-5(9)3-15-4-6-12-7(10)14-8(11)13-6/h5H,2-4,9H2,1H3,(H4,10,11,12,13,14). The first-order chi connectivity index (χ1) is 7.11. The Hall–Kier alpha value is -1.08. The van der Waals surface area contributed by atoms with Crippen molar-refractivity contribution in [1.82, 2.24) is 15.0 Å². The van der Waals surface area contributed by atoms with Gasteiger partial charge in [0.25, 0.3) is 0 Å². The highest BCUT2D eigenvalue weighted by Crippen LogP contribution is 2.11. The Morgan fingerprint density at radius 2 is 1.80 bits per heavy atom. The molecule has 1 aromatic rings. The SMILES string of the molecule is CCC(N)CSCc1nc(N)nc(N)n1. The van der Waals surface area contributed by atoms with Crippen molar-refractivity contribution in [3.8, 4) is 0 Å². The highest BCUT2D eigenvalue weighted by Gasteiger charge is 2.04. The average molecular weight is 228 g/mol. The van der Waals surface area contributed by atoms with Crippen LogP contribution in [0.15, 0.2) is 0 Å². The maximum atomic E-state index is 5.77. The van der Waals surface area contributed by atoms with Crippen LogP contribution in [0.2, 0.25) is 0 Å². The fraction of sp³-hybridized carbons (Fsp3) is 0.625. The van der Waals surface area contributed by atoms with Crippen LogP contribution >= 0.6 is 11.8 Å². The lowest BCUT2D eigenvalue weighted by Gasteiger charge is -2.07. The lowest BCUT2D eigenvalue weighted by atomic mass is 10.3. The molecule has 6 nitrogen and oxygen atoms in total. The molecular weight excluding hydrogens is 212 g/mol. The molecule has 6 N–H and O–H groups in total. The molecule has 0 fully saturated rings. The Labute approximate surface area is 93.1 Å². The van der Waals surface area contributed by atoms with Gasteiger partial charge >= 0.3 is 0 Å². The molecule has 1 atom stereocenters. The largest absolute Gasteiger partial charge is 0.368 e. The lowest BCUT2D eigenvalue weighted by molar-refractivity contribution is 0.724. The van der Waals surface area contributed by atoms with E-state index in [4.69, 9.17) is 17.2 Å². The van der Waals surface area contributed by atoms with Crippen LogP contribution in [-0.2, 0) is 5.75 Å². The molecule has 84 valence electrons. The number of hydrogen-bond donors (Lipinski definition) is 3. The molecule has 0 spiro atoms. The Kier molecular flexibility index (Phi) is 4.57. The van der Waals surface area contributed by atoms with Crippen molar-refractivity contribution in [2.45, 2.75) is 25.1 Å². The molecule has 0 bridgehead atoms. The number of thioether (sulfide) groups is 1. The summed E-state index contributed by atoms with van der Waals surface area (Å²) in [5, 5.41) is 0. The highest BCUT2D eigenvalue weighted by molar-refractivity contribution is 7.98. The first-order valence-electron chi connectivity index (χ1n) is 4.71. The first-order valence-corrected chi connectivity index (χ1v) is 5.86. The summed E-state index contributed by atoms with van der Waals surface area (Å²) in [4.78, 5) is 11.6. The molecule has 0 aliphatic rings. The summed E-state index contributed by atoms with van der Waals surface area (Å²) in [6, 6.07) is 0.214. The number of nitrogens with zero attached hydrogens (tertiary/aromatic N) is 3. The van der Waals surface area contributed by atoms with E-state index in [9.17, 15) is 0 Å². The van der Waals surface area contributed by atoms with Crippen LogP contribution in [0.25, 0.3) is 0 Å². The minimum Gasteiger partial charge on any atom is -0.368 e. The van der Waals surface area contributed by atoms with E-state index < -0.39 is 0 Å². The van der Waals surface area contributed by atoms with Gasteiger partial charge in [-0.25, -0.2) is 0 Å². The van der Waals surface area contributed by atoms with Gasteiger partial charge in [-0.3, -0.25) is 0 Å². The molecule has 0 aliphatic carbocycles. The summed E-state index contributed by atoms with van der Waals surface area (Å²) in [5.41, 5.74) is 16.7. The minimum absolute atomic E-state index is 0.165. The fourth-order valence-electron chi connectivity index (χ4n) is 0.941. The molecule has 0 saturated heterocycles. The van der Waals surface area contributed by atoms with Crippen LogP contribution in [0.1, 0.15) is 19.2 Å². The van der Waals surface area contributed by atoms with Crippen molar-refractivity contribution in [3.63, 3.8) is 0 Å². The molecule has 0 amide bonds. The van der Waals surface area contributed by atoms with E-state index >= 15 is 0 Å². The van der Waals surface area contributed by atoms with E-state index in [0.29, 0.717) is 11.6 Å². The number of nitrogens with two attached hydrogens (primary N) is 3. The van der Waals surface area contributed by atoms with E-state index in [1.807, 2.05) is 0 Å². The molecule has 1 aromatic heterocycles. The zero-order valence-corrected chi connectivity index (χ0v) is 9.50. The Morgan fingerprint density at radius 1 is 1.20 bits per heavy atom. The second-order valence-electron chi connectivity index (χ2n) is 3.15. The van der Waals surface area contributed by atoms with Crippen LogP contribution in [0.3, 0.4) is 0 Å². The van der Waals surface area contributed by atoms with E-state index in [0.717, 1.165) is 12.2 Å². The Balaban J connectivity index is 2.43. The number of nitrogen functional groups attached to an aromatic ring is 2. The number of aromatic nitrogens is 3. The van der Waals surface area contributed by atoms with Gasteiger partial charge in [-0.2, -0.15) is 26.7 Å². The van der Waals surface area contributed by atoms with Crippen LogP contribution in [0.5, 0.6) is 0 Å². The maximum absolute atomic E-state index is 5.77. The molecule has 15 heavy (non-hydrogen) atoms. The minimum atomic E-state index is 0.165. The lowest BCUT2D eigenvalue weighted by Crippen LogP contribution is -2.21. The van der Waals surface area contributed by atoms with Crippen molar-refractivity contribution in [1.29, 1.82) is 0 Å². The molecule has 0 aromatic carbocycles. The first kappa shape index (κ1) is 12.0. The van der Waals surface area contributed by atoms with Crippen molar-refractivity contribution in [2.24, 2.45) is 5.73 Å². The molecule has 0 radical (unpaired) electrons. The Morgan fingerprint density at radius 3 is 2.33 bits per heavy atom. The molecular formula is C8H16N6S. The summed E-state index contributed by atoms with van der Waals surface area (Å²) < 4.78 is 0. The maximum Gasteiger partial charge on any atom is 0.225 e. The highest BCUT2D eigenvalue weighted by atomic mass is 32.2. The zero-order valence-electron chi connectivity index (χ0n) is 8.68. The van der Waals surface area contributed by atoms with Crippen molar-refractivity contribution >= 4 is 23.7 Å². The summed E-state index contributed by atoms with van der Waals surface area (Å²) in [5.74, 6) is 2.47. The molecule has 1 unspecified atom stereocenters. The van der Waals surface area contributed by atoms with Gasteiger partial charge in [0.2, 0.25) is 11.9 Å². The number of rotatable bonds is 5. The van der Waals surface area contributed by atoms with Crippen molar-refractivity contribution in [2.75, 3.05) is 17.2 Å². The zero-order chi connectivity index (χ0) is 11.3. The van der Waals surface area contributed by atoms with Gasteiger partial charge in [-0.05, 0) is 6.42 Å².